The predicted molar refractivity (Wildman–Crippen MR) is 81.2 cm³/mol. The first-order valence-electron chi connectivity index (χ1n) is 6.76. The maximum atomic E-state index is 5.89. The predicted octanol–water partition coefficient (Wildman–Crippen LogP) is 5.27. The molecule has 0 spiro atoms. The molecule has 0 atom stereocenters. The zero-order valence-corrected chi connectivity index (χ0v) is 13.1. The van der Waals surface area contributed by atoms with Crippen molar-refractivity contribution in [3.05, 3.63) is 21.8 Å². The molecule has 1 fully saturated rings. The number of hydrogen-bond acceptors (Lipinski definition) is 2. The van der Waals surface area contributed by atoms with Crippen LogP contribution in [0.25, 0.3) is 0 Å². The van der Waals surface area contributed by atoms with E-state index in [1.54, 1.807) is 6.20 Å². The SMILES string of the molecule is CCCC1CCC(Nc2ncc(Cl)cc2Br)CC1. The van der Waals surface area contributed by atoms with Crippen molar-refractivity contribution in [3.63, 3.8) is 0 Å². The van der Waals surface area contributed by atoms with Gasteiger partial charge in [0, 0.05) is 12.2 Å². The summed E-state index contributed by atoms with van der Waals surface area (Å²) >= 11 is 9.39. The minimum absolute atomic E-state index is 0.558. The summed E-state index contributed by atoms with van der Waals surface area (Å²) in [6.45, 7) is 2.28. The molecule has 1 aromatic heterocycles. The van der Waals surface area contributed by atoms with E-state index < -0.39 is 0 Å². The second-order valence-electron chi connectivity index (χ2n) is 5.13. The Labute approximate surface area is 123 Å². The number of pyridine rings is 1. The summed E-state index contributed by atoms with van der Waals surface area (Å²) in [7, 11) is 0. The zero-order valence-electron chi connectivity index (χ0n) is 10.8. The van der Waals surface area contributed by atoms with Crippen molar-refractivity contribution < 1.29 is 0 Å². The largest absolute Gasteiger partial charge is 0.366 e. The smallest absolute Gasteiger partial charge is 0.140 e. The lowest BCUT2D eigenvalue weighted by Gasteiger charge is -2.29. The van der Waals surface area contributed by atoms with Crippen LogP contribution in [0.2, 0.25) is 5.02 Å². The van der Waals surface area contributed by atoms with Gasteiger partial charge in [-0.05, 0) is 53.6 Å². The summed E-state index contributed by atoms with van der Waals surface area (Å²) in [4.78, 5) is 4.34. The van der Waals surface area contributed by atoms with E-state index in [0.29, 0.717) is 11.1 Å². The summed E-state index contributed by atoms with van der Waals surface area (Å²) < 4.78 is 0.950. The average Bonchev–Trinajstić information content (AvgIpc) is 2.35. The molecule has 0 bridgehead atoms. The minimum atomic E-state index is 0.558. The van der Waals surface area contributed by atoms with Crippen LogP contribution >= 0.6 is 27.5 Å². The normalized spacial score (nSPS) is 23.9. The van der Waals surface area contributed by atoms with Crippen LogP contribution in [0.1, 0.15) is 45.4 Å². The molecule has 0 aromatic carbocycles. The van der Waals surface area contributed by atoms with Crippen LogP contribution in [0.5, 0.6) is 0 Å². The molecule has 1 aliphatic carbocycles. The molecule has 2 rings (SSSR count). The Bertz CT molecular complexity index is 389. The van der Waals surface area contributed by atoms with Crippen LogP contribution in [-0.4, -0.2) is 11.0 Å². The van der Waals surface area contributed by atoms with Gasteiger partial charge in [-0.15, -0.1) is 0 Å². The highest BCUT2D eigenvalue weighted by molar-refractivity contribution is 9.10. The van der Waals surface area contributed by atoms with Gasteiger partial charge in [0.05, 0.1) is 9.50 Å². The molecule has 0 unspecified atom stereocenters. The van der Waals surface area contributed by atoms with Gasteiger partial charge in [-0.2, -0.15) is 0 Å². The molecule has 4 heteroatoms. The first-order valence-corrected chi connectivity index (χ1v) is 7.93. The third kappa shape index (κ3) is 3.86. The van der Waals surface area contributed by atoms with Gasteiger partial charge in [-0.25, -0.2) is 4.98 Å². The highest BCUT2D eigenvalue weighted by Crippen LogP contribution is 2.31. The Balaban J connectivity index is 1.87. The van der Waals surface area contributed by atoms with Crippen molar-refractivity contribution in [2.75, 3.05) is 5.32 Å². The van der Waals surface area contributed by atoms with Gasteiger partial charge >= 0.3 is 0 Å². The Morgan fingerprint density at radius 1 is 1.39 bits per heavy atom. The van der Waals surface area contributed by atoms with Crippen molar-refractivity contribution in [3.8, 4) is 0 Å². The first-order chi connectivity index (χ1) is 8.69. The van der Waals surface area contributed by atoms with Gasteiger partial charge in [0.15, 0.2) is 0 Å². The quantitative estimate of drug-likeness (QED) is 0.813. The molecule has 100 valence electrons. The lowest BCUT2D eigenvalue weighted by molar-refractivity contribution is 0.318. The Kier molecular flexibility index (Phi) is 5.31. The van der Waals surface area contributed by atoms with Crippen molar-refractivity contribution in [1.29, 1.82) is 0 Å². The lowest BCUT2D eigenvalue weighted by Crippen LogP contribution is -2.26. The molecule has 1 N–H and O–H groups in total. The summed E-state index contributed by atoms with van der Waals surface area (Å²) in [5.74, 6) is 1.85. The summed E-state index contributed by atoms with van der Waals surface area (Å²) in [6, 6.07) is 2.45. The molecular formula is C14H20BrClN2. The van der Waals surface area contributed by atoms with Crippen LogP contribution in [0.4, 0.5) is 5.82 Å². The van der Waals surface area contributed by atoms with Crippen molar-refractivity contribution in [1.82, 2.24) is 4.98 Å². The minimum Gasteiger partial charge on any atom is -0.366 e. The summed E-state index contributed by atoms with van der Waals surface area (Å²) in [5, 5.41) is 4.19. The molecule has 1 aliphatic rings. The van der Waals surface area contributed by atoms with Crippen LogP contribution in [0.15, 0.2) is 16.7 Å². The maximum Gasteiger partial charge on any atom is 0.140 e. The number of nitrogens with one attached hydrogen (secondary N) is 1. The molecule has 1 aromatic rings. The molecular weight excluding hydrogens is 312 g/mol. The van der Waals surface area contributed by atoms with Crippen LogP contribution in [0.3, 0.4) is 0 Å². The molecule has 0 radical (unpaired) electrons. The van der Waals surface area contributed by atoms with Gasteiger partial charge < -0.3 is 5.32 Å². The third-order valence-corrected chi connectivity index (χ3v) is 4.50. The van der Waals surface area contributed by atoms with E-state index >= 15 is 0 Å². The molecule has 0 saturated heterocycles. The number of aromatic nitrogens is 1. The number of rotatable bonds is 4. The monoisotopic (exact) mass is 330 g/mol. The summed E-state index contributed by atoms with van der Waals surface area (Å²) in [5.41, 5.74) is 0. The third-order valence-electron chi connectivity index (χ3n) is 3.69. The second kappa shape index (κ2) is 6.76. The van der Waals surface area contributed by atoms with E-state index in [0.717, 1.165) is 16.2 Å². The van der Waals surface area contributed by atoms with Crippen LogP contribution in [0, 0.1) is 5.92 Å². The molecule has 0 aliphatic heterocycles. The van der Waals surface area contributed by atoms with Gasteiger partial charge in [0.2, 0.25) is 0 Å². The van der Waals surface area contributed by atoms with Gasteiger partial charge in [0.25, 0.3) is 0 Å². The van der Waals surface area contributed by atoms with Crippen molar-refractivity contribution in [2.45, 2.75) is 51.5 Å². The van der Waals surface area contributed by atoms with E-state index in [1.165, 1.54) is 38.5 Å². The Hall–Kier alpha value is -0.280. The molecule has 1 heterocycles. The van der Waals surface area contributed by atoms with E-state index in [4.69, 9.17) is 11.6 Å². The van der Waals surface area contributed by atoms with Crippen molar-refractivity contribution >= 4 is 33.3 Å². The number of anilines is 1. The van der Waals surface area contributed by atoms with E-state index in [1.807, 2.05) is 6.07 Å². The van der Waals surface area contributed by atoms with Crippen LogP contribution in [-0.2, 0) is 0 Å². The Morgan fingerprint density at radius 3 is 2.72 bits per heavy atom. The summed E-state index contributed by atoms with van der Waals surface area (Å²) in [6.07, 6.45) is 9.58. The highest BCUT2D eigenvalue weighted by atomic mass is 79.9. The zero-order chi connectivity index (χ0) is 13.0. The first kappa shape index (κ1) is 14.1. The van der Waals surface area contributed by atoms with Gasteiger partial charge in [-0.1, -0.05) is 31.4 Å². The molecule has 0 amide bonds. The molecule has 1 saturated carbocycles. The number of halogens is 2. The second-order valence-corrected chi connectivity index (χ2v) is 6.43. The molecule has 18 heavy (non-hydrogen) atoms. The maximum absolute atomic E-state index is 5.89. The fraction of sp³-hybridized carbons (Fsp3) is 0.643. The number of hydrogen-bond donors (Lipinski definition) is 1. The highest BCUT2D eigenvalue weighted by Gasteiger charge is 2.21. The van der Waals surface area contributed by atoms with E-state index in [-0.39, 0.29) is 0 Å². The van der Waals surface area contributed by atoms with Crippen molar-refractivity contribution in [2.24, 2.45) is 5.92 Å². The molecule has 2 nitrogen and oxygen atoms in total. The fourth-order valence-electron chi connectivity index (χ4n) is 2.72. The van der Waals surface area contributed by atoms with E-state index in [2.05, 4.69) is 33.2 Å². The standard InChI is InChI=1S/C14H20BrClN2/c1-2-3-10-4-6-12(7-5-10)18-14-13(15)8-11(16)9-17-14/h8-10,12H,2-7H2,1H3,(H,17,18). The van der Waals surface area contributed by atoms with Crippen LogP contribution < -0.4 is 5.32 Å². The van der Waals surface area contributed by atoms with E-state index in [9.17, 15) is 0 Å². The number of nitrogens with zero attached hydrogens (tertiary/aromatic N) is 1. The fourth-order valence-corrected chi connectivity index (χ4v) is 3.47. The average molecular weight is 332 g/mol. The topological polar surface area (TPSA) is 24.9 Å². The Morgan fingerprint density at radius 2 is 2.11 bits per heavy atom. The van der Waals surface area contributed by atoms with Gasteiger partial charge in [0.1, 0.15) is 5.82 Å². The van der Waals surface area contributed by atoms with Gasteiger partial charge in [-0.3, -0.25) is 0 Å². The lowest BCUT2D eigenvalue weighted by atomic mass is 9.83.